The van der Waals surface area contributed by atoms with E-state index < -0.39 is 16.6 Å². The molecule has 0 aliphatic heterocycles. The molecule has 0 heterocycles. The number of hydrogen-bond acceptors (Lipinski definition) is 2. The summed E-state index contributed by atoms with van der Waals surface area (Å²) < 4.78 is 16.5. The molecule has 0 radical (unpaired) electrons. The highest BCUT2D eigenvalue weighted by Crippen LogP contribution is 2.49. The molecular weight excluding hydrogens is 560 g/mol. The van der Waals surface area contributed by atoms with Crippen molar-refractivity contribution in [2.75, 3.05) is 0 Å². The van der Waals surface area contributed by atoms with Gasteiger partial charge in [0, 0.05) is 8.95 Å². The molecule has 0 saturated heterocycles. The van der Waals surface area contributed by atoms with E-state index in [0.29, 0.717) is 0 Å². The number of benzene rings is 2. The van der Waals surface area contributed by atoms with Crippen LogP contribution in [0.15, 0.2) is 57.5 Å². The van der Waals surface area contributed by atoms with Crippen LogP contribution in [0.3, 0.4) is 0 Å². The van der Waals surface area contributed by atoms with Gasteiger partial charge in [-0.1, -0.05) is 110 Å². The Morgan fingerprint density at radius 1 is 0.594 bits per heavy atom. The van der Waals surface area contributed by atoms with Gasteiger partial charge < -0.3 is 8.85 Å². The average molecular weight is 601 g/mol. The topological polar surface area (TPSA) is 18.5 Å². The highest BCUT2D eigenvalue weighted by molar-refractivity contribution is 9.10. The molecule has 0 unspecified atom stereocenters. The van der Waals surface area contributed by atoms with Gasteiger partial charge in [0.15, 0.2) is 16.6 Å². The Hall–Kier alpha value is -0.246. The predicted molar refractivity (Wildman–Crippen MR) is 150 cm³/mol. The van der Waals surface area contributed by atoms with Crippen molar-refractivity contribution in [2.45, 2.75) is 90.0 Å². The maximum Gasteiger partial charge on any atom is 0.193 e. The molecule has 0 fully saturated rings. The fraction of sp³-hybridized carbons (Fsp3) is 0.538. The van der Waals surface area contributed by atoms with E-state index in [1.165, 1.54) is 0 Å². The van der Waals surface area contributed by atoms with Gasteiger partial charge in [0.05, 0.1) is 0 Å². The van der Waals surface area contributed by atoms with E-state index in [0.717, 1.165) is 20.1 Å². The van der Waals surface area contributed by atoms with E-state index in [1.807, 2.05) is 0 Å². The monoisotopic (exact) mass is 598 g/mol. The summed E-state index contributed by atoms with van der Waals surface area (Å²) >= 11 is 7.63. The molecule has 0 aliphatic carbocycles. The molecular formula is C26H40Br2O2Si2. The first kappa shape index (κ1) is 28.0. The lowest BCUT2D eigenvalue weighted by Gasteiger charge is -2.45. The van der Waals surface area contributed by atoms with Crippen molar-refractivity contribution in [1.82, 2.24) is 0 Å². The normalized spacial score (nSPS) is 15.5. The van der Waals surface area contributed by atoms with E-state index in [4.69, 9.17) is 8.85 Å². The molecule has 2 aromatic rings. The van der Waals surface area contributed by atoms with Crippen LogP contribution in [0.5, 0.6) is 0 Å². The second kappa shape index (κ2) is 10.2. The third-order valence-electron chi connectivity index (χ3n) is 7.15. The van der Waals surface area contributed by atoms with Crippen molar-refractivity contribution >= 4 is 48.5 Å². The number of halogens is 2. The summed E-state index contributed by atoms with van der Waals surface area (Å²) in [6.45, 7) is 23.0. The molecule has 0 amide bonds. The minimum absolute atomic E-state index is 0.0853. The molecule has 2 nitrogen and oxygen atoms in total. The molecule has 0 bridgehead atoms. The molecule has 32 heavy (non-hydrogen) atoms. The number of hydrogen-bond donors (Lipinski definition) is 0. The van der Waals surface area contributed by atoms with Crippen molar-refractivity contribution in [3.05, 3.63) is 68.6 Å². The summed E-state index contributed by atoms with van der Waals surface area (Å²) in [5.74, 6) is 0. The quantitative estimate of drug-likeness (QED) is 0.295. The van der Waals surface area contributed by atoms with E-state index >= 15 is 0 Å². The van der Waals surface area contributed by atoms with Crippen LogP contribution in [0.1, 0.15) is 64.9 Å². The first-order chi connectivity index (χ1) is 14.5. The second-order valence-electron chi connectivity index (χ2n) is 11.6. The van der Waals surface area contributed by atoms with Crippen LogP contribution in [0.4, 0.5) is 0 Å². The van der Waals surface area contributed by atoms with Gasteiger partial charge in [-0.3, -0.25) is 0 Å². The summed E-state index contributed by atoms with van der Waals surface area (Å²) in [6.07, 6.45) is -0.446. The smallest absolute Gasteiger partial charge is 0.193 e. The average Bonchev–Trinajstić information content (AvgIpc) is 2.64. The summed E-state index contributed by atoms with van der Waals surface area (Å²) in [4.78, 5) is 0. The molecule has 0 aromatic heterocycles. The second-order valence-corrected chi connectivity index (χ2v) is 22.9. The standard InChI is InChI=1S/C26H40Br2O2Si2/c1-25(2,3)31(7,8)29-23(19-15-11-13-17-21(19)27)24(20-16-12-14-18-22(20)28)30-32(9,10)26(4,5)6/h11-18,23-24H,1-10H3/t23-,24-/m1/s1. The largest absolute Gasteiger partial charge is 0.407 e. The summed E-state index contributed by atoms with van der Waals surface area (Å²) in [5.41, 5.74) is 2.27. The highest BCUT2D eigenvalue weighted by Gasteiger charge is 2.46. The van der Waals surface area contributed by atoms with E-state index in [-0.39, 0.29) is 22.3 Å². The van der Waals surface area contributed by atoms with Crippen LogP contribution in [0, 0.1) is 0 Å². The third kappa shape index (κ3) is 6.45. The van der Waals surface area contributed by atoms with Gasteiger partial charge in [-0.2, -0.15) is 0 Å². The minimum Gasteiger partial charge on any atom is -0.407 e. The Kier molecular flexibility index (Phi) is 8.89. The van der Waals surface area contributed by atoms with Crippen LogP contribution < -0.4 is 0 Å². The molecule has 0 aliphatic rings. The predicted octanol–water partition coefficient (Wildman–Crippen LogP) is 10.0. The molecule has 2 atom stereocenters. The van der Waals surface area contributed by atoms with Gasteiger partial charge in [-0.15, -0.1) is 0 Å². The van der Waals surface area contributed by atoms with Crippen molar-refractivity contribution in [3.8, 4) is 0 Å². The highest BCUT2D eigenvalue weighted by atomic mass is 79.9. The van der Waals surface area contributed by atoms with Crippen LogP contribution in [-0.4, -0.2) is 16.6 Å². The van der Waals surface area contributed by atoms with Crippen LogP contribution in [-0.2, 0) is 8.85 Å². The molecule has 0 spiro atoms. The lowest BCUT2D eigenvalue weighted by Crippen LogP contribution is -2.46. The SMILES string of the molecule is CC(C)(C)[Si](C)(C)O[C@H](c1ccccc1Br)[C@H](O[Si](C)(C)C(C)(C)C)c1ccccc1Br. The zero-order valence-electron chi connectivity index (χ0n) is 21.3. The summed E-state index contributed by atoms with van der Waals surface area (Å²) in [5, 5.41) is 0.171. The molecule has 178 valence electrons. The van der Waals surface area contributed by atoms with Gasteiger partial charge in [0.25, 0.3) is 0 Å². The van der Waals surface area contributed by atoms with E-state index in [9.17, 15) is 0 Å². The third-order valence-corrected chi connectivity index (χ3v) is 17.5. The Balaban J connectivity index is 2.74. The summed E-state index contributed by atoms with van der Waals surface area (Å²) in [6, 6.07) is 16.8. The van der Waals surface area contributed by atoms with Crippen LogP contribution >= 0.6 is 31.9 Å². The van der Waals surface area contributed by atoms with E-state index in [1.54, 1.807) is 0 Å². The van der Waals surface area contributed by atoms with Crippen molar-refractivity contribution in [2.24, 2.45) is 0 Å². The van der Waals surface area contributed by atoms with Crippen LogP contribution in [0.2, 0.25) is 36.3 Å². The fourth-order valence-corrected chi connectivity index (χ4v) is 6.48. The molecule has 6 heteroatoms. The Morgan fingerprint density at radius 2 is 0.875 bits per heavy atom. The first-order valence-corrected chi connectivity index (χ1v) is 18.7. The Bertz CT molecular complexity index is 839. The number of rotatable bonds is 7. The maximum atomic E-state index is 7.18. The van der Waals surface area contributed by atoms with Gasteiger partial charge in [0.1, 0.15) is 12.2 Å². The van der Waals surface area contributed by atoms with E-state index in [2.05, 4.69) is 148 Å². The maximum absolute atomic E-state index is 7.18. The fourth-order valence-electron chi connectivity index (χ4n) is 2.98. The zero-order chi connectivity index (χ0) is 24.5. The van der Waals surface area contributed by atoms with Gasteiger partial charge in [-0.05, 0) is 59.5 Å². The zero-order valence-corrected chi connectivity index (χ0v) is 26.5. The van der Waals surface area contributed by atoms with Crippen molar-refractivity contribution in [3.63, 3.8) is 0 Å². The van der Waals surface area contributed by atoms with Gasteiger partial charge in [-0.25, -0.2) is 0 Å². The Labute approximate surface area is 215 Å². The summed E-state index contributed by atoms with van der Waals surface area (Å²) in [7, 11) is -4.22. The lowest BCUT2D eigenvalue weighted by molar-refractivity contribution is 0.0324. The lowest BCUT2D eigenvalue weighted by atomic mass is 9.98. The van der Waals surface area contributed by atoms with Gasteiger partial charge in [0.2, 0.25) is 0 Å². The molecule has 0 N–H and O–H groups in total. The van der Waals surface area contributed by atoms with Crippen molar-refractivity contribution < 1.29 is 8.85 Å². The first-order valence-electron chi connectivity index (χ1n) is 11.3. The van der Waals surface area contributed by atoms with Crippen molar-refractivity contribution in [1.29, 1.82) is 0 Å². The van der Waals surface area contributed by atoms with Gasteiger partial charge >= 0.3 is 0 Å². The molecule has 0 saturated carbocycles. The molecule has 2 rings (SSSR count). The Morgan fingerprint density at radius 3 is 1.12 bits per heavy atom. The van der Waals surface area contributed by atoms with Crippen LogP contribution in [0.25, 0.3) is 0 Å². The molecule has 2 aromatic carbocycles. The minimum atomic E-state index is -2.11.